The Hall–Kier alpha value is -4.61. The van der Waals surface area contributed by atoms with Crippen LogP contribution in [0.3, 0.4) is 0 Å². The van der Waals surface area contributed by atoms with Gasteiger partial charge in [-0.05, 0) is 97.1 Å². The minimum Gasteiger partial charge on any atom is -0.497 e. The molecule has 4 aromatic rings. The molecule has 0 unspecified atom stereocenters. The van der Waals surface area contributed by atoms with Gasteiger partial charge in [0.05, 0.1) is 31.0 Å². The van der Waals surface area contributed by atoms with E-state index in [9.17, 15) is 9.59 Å². The monoisotopic (exact) mass is 658 g/mol. The van der Waals surface area contributed by atoms with Gasteiger partial charge in [-0.25, -0.2) is 0 Å². The van der Waals surface area contributed by atoms with Crippen molar-refractivity contribution in [2.45, 2.75) is 13.5 Å². The number of hydrogen-bond donors (Lipinski definition) is 1. The van der Waals surface area contributed by atoms with Crippen LogP contribution in [0.25, 0.3) is 6.08 Å². The number of furan rings is 1. The lowest BCUT2D eigenvalue weighted by atomic mass is 10.2. The maximum absolute atomic E-state index is 13.6. The molecule has 0 bridgehead atoms. The van der Waals surface area contributed by atoms with Gasteiger partial charge in [-0.15, -0.1) is 5.10 Å². The molecule has 9 nitrogen and oxygen atoms in total. The molecule has 0 aliphatic carbocycles. The van der Waals surface area contributed by atoms with E-state index in [2.05, 4.69) is 31.4 Å². The summed E-state index contributed by atoms with van der Waals surface area (Å²) in [5.41, 5.74) is 3.23. The molecule has 218 valence electrons. The smallest absolute Gasteiger partial charge is 0.267 e. The number of ether oxygens (including phenoxy) is 2. The van der Waals surface area contributed by atoms with Crippen LogP contribution >= 0.6 is 27.7 Å². The van der Waals surface area contributed by atoms with E-state index in [1.54, 1.807) is 43.9 Å². The van der Waals surface area contributed by atoms with E-state index in [-0.39, 0.29) is 25.0 Å². The first kappa shape index (κ1) is 29.9. The third kappa shape index (κ3) is 8.02. The first-order chi connectivity index (χ1) is 20.9. The number of carbonyl (C=O) groups is 2. The average Bonchev–Trinajstić information content (AvgIpc) is 3.63. The van der Waals surface area contributed by atoms with Crippen molar-refractivity contribution in [1.29, 1.82) is 0 Å². The van der Waals surface area contributed by atoms with Crippen LogP contribution in [-0.2, 0) is 16.1 Å². The molecule has 1 saturated heterocycles. The van der Waals surface area contributed by atoms with E-state index >= 15 is 0 Å². The molecular formula is C32H27BrN4O5S. The molecule has 5 rings (SSSR count). The summed E-state index contributed by atoms with van der Waals surface area (Å²) in [6.45, 7) is 1.96. The molecule has 3 aromatic carbocycles. The van der Waals surface area contributed by atoms with Crippen molar-refractivity contribution in [2.24, 2.45) is 10.2 Å². The molecule has 2 heterocycles. The minimum absolute atomic E-state index is 0.189. The van der Waals surface area contributed by atoms with Crippen molar-refractivity contribution in [3.63, 3.8) is 0 Å². The maximum atomic E-state index is 13.6. The second-order valence-corrected chi connectivity index (χ2v) is 11.3. The highest BCUT2D eigenvalue weighted by Gasteiger charge is 2.34. The first-order valence-corrected chi connectivity index (χ1v) is 14.8. The summed E-state index contributed by atoms with van der Waals surface area (Å²) in [6.07, 6.45) is 4.88. The summed E-state index contributed by atoms with van der Waals surface area (Å²) in [5, 5.41) is 11.8. The van der Waals surface area contributed by atoms with Gasteiger partial charge < -0.3 is 19.2 Å². The molecule has 1 N–H and O–H groups in total. The first-order valence-electron chi connectivity index (χ1n) is 13.2. The van der Waals surface area contributed by atoms with Gasteiger partial charge in [0.25, 0.3) is 11.8 Å². The topological polar surface area (TPSA) is 106 Å². The fraction of sp³-hybridized carbons (Fsp3) is 0.125. The molecule has 0 atom stereocenters. The zero-order valence-electron chi connectivity index (χ0n) is 23.3. The number of halogens is 1. The highest BCUT2D eigenvalue weighted by Crippen LogP contribution is 2.36. The number of amidine groups is 1. The van der Waals surface area contributed by atoms with Crippen LogP contribution in [0.4, 0.5) is 5.69 Å². The number of nitrogens with zero attached hydrogens (tertiary/aromatic N) is 3. The van der Waals surface area contributed by atoms with Crippen molar-refractivity contribution < 1.29 is 23.5 Å². The maximum Gasteiger partial charge on any atom is 0.267 e. The van der Waals surface area contributed by atoms with E-state index in [0.29, 0.717) is 32.8 Å². The summed E-state index contributed by atoms with van der Waals surface area (Å²) < 4.78 is 17.3. The van der Waals surface area contributed by atoms with Gasteiger partial charge in [0.15, 0.2) is 11.8 Å². The molecule has 2 amide bonds. The zero-order valence-corrected chi connectivity index (χ0v) is 25.7. The Morgan fingerprint density at radius 2 is 1.88 bits per heavy atom. The van der Waals surface area contributed by atoms with Crippen LogP contribution in [0.1, 0.15) is 22.5 Å². The normalized spacial score (nSPS) is 15.0. The third-order valence-corrected chi connectivity index (χ3v) is 7.69. The number of methoxy groups -OCH3 is 1. The summed E-state index contributed by atoms with van der Waals surface area (Å²) in [4.78, 5) is 28.0. The number of benzene rings is 3. The highest BCUT2D eigenvalue weighted by atomic mass is 79.9. The Morgan fingerprint density at radius 3 is 2.60 bits per heavy atom. The van der Waals surface area contributed by atoms with E-state index in [4.69, 9.17) is 13.9 Å². The lowest BCUT2D eigenvalue weighted by Gasteiger charge is -2.13. The lowest BCUT2D eigenvalue weighted by molar-refractivity contribution is -0.122. The second kappa shape index (κ2) is 14.0. The number of amides is 2. The van der Waals surface area contributed by atoms with E-state index in [0.717, 1.165) is 21.3 Å². The fourth-order valence-electron chi connectivity index (χ4n) is 4.00. The largest absolute Gasteiger partial charge is 0.497 e. The molecule has 1 aliphatic heterocycles. The van der Waals surface area contributed by atoms with Crippen LogP contribution in [0.15, 0.2) is 109 Å². The summed E-state index contributed by atoms with van der Waals surface area (Å²) in [7, 11) is 1.61. The third-order valence-electron chi connectivity index (χ3n) is 6.20. The number of nitrogens with one attached hydrogen (secondary N) is 1. The Bertz CT molecular complexity index is 1680. The van der Waals surface area contributed by atoms with Crippen LogP contribution in [0.2, 0.25) is 0 Å². The standard InChI is InChI=1S/C32H27BrN4O5S/c1-21-5-10-25(11-6-21)35-30(38)20-42-28-14-9-24(33)16-23(28)17-29-31(39)37(19-27-4-3-15-41-27)32(43-29)36-34-18-22-7-12-26(40-2)13-8-22/h3-18H,19-20H2,1-2H3,(H,35,38)/b29-17-,34-18-,36-32+. The number of hydrogen-bond acceptors (Lipinski definition) is 8. The molecule has 1 aliphatic rings. The van der Waals surface area contributed by atoms with Crippen molar-refractivity contribution in [3.05, 3.63) is 117 Å². The number of thioether (sulfide) groups is 1. The van der Waals surface area contributed by atoms with Crippen molar-refractivity contribution in [1.82, 2.24) is 4.90 Å². The molecular weight excluding hydrogens is 632 g/mol. The van der Waals surface area contributed by atoms with Crippen molar-refractivity contribution in [2.75, 3.05) is 19.0 Å². The summed E-state index contributed by atoms with van der Waals surface area (Å²) in [5.74, 6) is 1.23. The van der Waals surface area contributed by atoms with Crippen LogP contribution < -0.4 is 14.8 Å². The van der Waals surface area contributed by atoms with Gasteiger partial charge in [0, 0.05) is 15.7 Å². The zero-order chi connectivity index (χ0) is 30.2. The Kier molecular flexibility index (Phi) is 9.75. The second-order valence-electron chi connectivity index (χ2n) is 9.37. The van der Waals surface area contributed by atoms with E-state index < -0.39 is 0 Å². The quantitative estimate of drug-likeness (QED) is 0.113. The van der Waals surface area contributed by atoms with Gasteiger partial charge >= 0.3 is 0 Å². The van der Waals surface area contributed by atoms with Crippen LogP contribution in [-0.4, -0.2) is 41.8 Å². The predicted molar refractivity (Wildman–Crippen MR) is 172 cm³/mol. The number of carbonyl (C=O) groups excluding carboxylic acids is 2. The number of aryl methyl sites for hydroxylation is 1. The average molecular weight is 660 g/mol. The summed E-state index contributed by atoms with van der Waals surface area (Å²) in [6, 6.07) is 23.8. The SMILES string of the molecule is COc1ccc(/C=N\N=C2\S/C(=C\c3cc(Br)ccc3OCC(=O)Nc3ccc(C)cc3)C(=O)N2Cc2ccco2)cc1. The van der Waals surface area contributed by atoms with E-state index in [1.807, 2.05) is 67.6 Å². The predicted octanol–water partition coefficient (Wildman–Crippen LogP) is 6.88. The van der Waals surface area contributed by atoms with Gasteiger partial charge in [0.1, 0.15) is 17.3 Å². The van der Waals surface area contributed by atoms with Gasteiger partial charge in [-0.2, -0.15) is 5.10 Å². The Labute approximate surface area is 261 Å². The molecule has 11 heteroatoms. The minimum atomic E-state index is -0.301. The molecule has 1 fully saturated rings. The molecule has 43 heavy (non-hydrogen) atoms. The van der Waals surface area contributed by atoms with Crippen molar-refractivity contribution in [3.8, 4) is 11.5 Å². The summed E-state index contributed by atoms with van der Waals surface area (Å²) >= 11 is 4.68. The van der Waals surface area contributed by atoms with Crippen LogP contribution in [0, 0.1) is 6.92 Å². The highest BCUT2D eigenvalue weighted by molar-refractivity contribution is 9.10. The molecule has 1 aromatic heterocycles. The Balaban J connectivity index is 1.36. The van der Waals surface area contributed by atoms with Gasteiger partial charge in [0.2, 0.25) is 0 Å². The number of rotatable bonds is 10. The van der Waals surface area contributed by atoms with Gasteiger partial charge in [-0.1, -0.05) is 33.6 Å². The molecule has 0 radical (unpaired) electrons. The lowest BCUT2D eigenvalue weighted by Crippen LogP contribution is -2.28. The van der Waals surface area contributed by atoms with E-state index in [1.165, 1.54) is 16.7 Å². The molecule has 0 saturated carbocycles. The Morgan fingerprint density at radius 1 is 1.09 bits per heavy atom. The van der Waals surface area contributed by atoms with Gasteiger partial charge in [-0.3, -0.25) is 14.5 Å². The van der Waals surface area contributed by atoms with Crippen molar-refractivity contribution >= 4 is 62.7 Å². The molecule has 0 spiro atoms. The number of anilines is 1. The fourth-order valence-corrected chi connectivity index (χ4v) is 5.30. The van der Waals surface area contributed by atoms with Crippen LogP contribution in [0.5, 0.6) is 11.5 Å².